The second-order valence-electron chi connectivity index (χ2n) is 7.58. The van der Waals surface area contributed by atoms with Crippen LogP contribution >= 0.6 is 0 Å². The van der Waals surface area contributed by atoms with Gasteiger partial charge in [0.25, 0.3) is 0 Å². The lowest BCUT2D eigenvalue weighted by molar-refractivity contribution is -0.142. The molecule has 0 amide bonds. The zero-order chi connectivity index (χ0) is 24.1. The molecule has 8 heteroatoms. The molecule has 4 rings (SSSR count). The Labute approximate surface area is 193 Å². The number of nitrogens with zero attached hydrogens (tertiary/aromatic N) is 1. The van der Waals surface area contributed by atoms with Crippen molar-refractivity contribution in [1.82, 2.24) is 4.98 Å². The maximum absolute atomic E-state index is 13.4. The molecule has 5 nitrogen and oxygen atoms in total. The molecule has 0 saturated heterocycles. The van der Waals surface area contributed by atoms with Crippen LogP contribution in [-0.4, -0.2) is 22.7 Å². The monoisotopic (exact) mass is 467 g/mol. The normalized spacial score (nSPS) is 11.5. The van der Waals surface area contributed by atoms with Crippen molar-refractivity contribution in [2.24, 2.45) is 0 Å². The fourth-order valence-electron chi connectivity index (χ4n) is 3.56. The van der Waals surface area contributed by atoms with Crippen LogP contribution in [0.2, 0.25) is 0 Å². The molecule has 0 fully saturated rings. The number of halogens is 3. The van der Waals surface area contributed by atoms with Crippen LogP contribution in [0.3, 0.4) is 0 Å². The summed E-state index contributed by atoms with van der Waals surface area (Å²) in [6.07, 6.45) is -3.11. The average Bonchev–Trinajstić information content (AvgIpc) is 2.82. The van der Waals surface area contributed by atoms with Gasteiger partial charge in [0.2, 0.25) is 0 Å². The minimum atomic E-state index is -4.49. The van der Waals surface area contributed by atoms with Crippen molar-refractivity contribution in [3.63, 3.8) is 0 Å². The molecule has 3 aromatic carbocycles. The fraction of sp³-hybridized carbons (Fsp3) is 0.154. The molecule has 0 aliphatic rings. The largest absolute Gasteiger partial charge is 0.489 e. The predicted octanol–water partition coefficient (Wildman–Crippen LogP) is 6.10. The summed E-state index contributed by atoms with van der Waals surface area (Å²) in [5.74, 6) is -0.448. The van der Waals surface area contributed by atoms with Crippen LogP contribution in [0.15, 0.2) is 79.0 Å². The summed E-state index contributed by atoms with van der Waals surface area (Å²) in [6.45, 7) is 0.131. The van der Waals surface area contributed by atoms with E-state index in [1.54, 1.807) is 30.3 Å². The molecule has 1 aromatic heterocycles. The highest BCUT2D eigenvalue weighted by atomic mass is 19.4. The smallest absolute Gasteiger partial charge is 0.418 e. The third-order valence-corrected chi connectivity index (χ3v) is 5.14. The Bertz CT molecular complexity index is 1300. The molecule has 0 atom stereocenters. The van der Waals surface area contributed by atoms with Crippen molar-refractivity contribution in [1.29, 1.82) is 0 Å². The van der Waals surface area contributed by atoms with E-state index in [0.717, 1.165) is 22.8 Å². The number of hydrogen-bond donors (Lipinski definition) is 1. The van der Waals surface area contributed by atoms with Crippen LogP contribution in [0.5, 0.6) is 5.75 Å². The summed E-state index contributed by atoms with van der Waals surface area (Å²) >= 11 is 0. The molecule has 0 unspecified atom stereocenters. The van der Waals surface area contributed by atoms with Crippen LogP contribution in [-0.2, 0) is 28.9 Å². The quantitative estimate of drug-likeness (QED) is 0.339. The number of para-hydroxylation sites is 1. The summed E-state index contributed by atoms with van der Waals surface area (Å²) in [5.41, 5.74) is 2.23. The van der Waals surface area contributed by atoms with E-state index in [2.05, 4.69) is 4.98 Å². The second-order valence-corrected chi connectivity index (χ2v) is 7.58. The number of hydrogen-bond acceptors (Lipinski definition) is 4. The van der Waals surface area contributed by atoms with Gasteiger partial charge in [0.15, 0.2) is 0 Å². The molecule has 0 radical (unpaired) electrons. The average molecular weight is 467 g/mol. The minimum absolute atomic E-state index is 0.0914. The van der Waals surface area contributed by atoms with E-state index in [-0.39, 0.29) is 25.3 Å². The number of benzene rings is 3. The van der Waals surface area contributed by atoms with Gasteiger partial charge in [0, 0.05) is 11.6 Å². The topological polar surface area (TPSA) is 68.7 Å². The summed E-state index contributed by atoms with van der Waals surface area (Å²) in [7, 11) is 0. The van der Waals surface area contributed by atoms with E-state index in [9.17, 15) is 18.0 Å². The molecule has 0 aliphatic carbocycles. The number of carboxylic acids is 1. The number of carbonyl (C=O) groups is 1. The molecule has 0 aliphatic heterocycles. The Morgan fingerprint density at radius 1 is 0.912 bits per heavy atom. The zero-order valence-electron chi connectivity index (χ0n) is 17.9. The first-order valence-electron chi connectivity index (χ1n) is 10.4. The predicted molar refractivity (Wildman–Crippen MR) is 120 cm³/mol. The van der Waals surface area contributed by atoms with Crippen molar-refractivity contribution in [3.8, 4) is 16.9 Å². The number of fused-ring (bicyclic) bond motifs is 1. The van der Waals surface area contributed by atoms with E-state index in [0.29, 0.717) is 16.7 Å². The van der Waals surface area contributed by atoms with Crippen LogP contribution in [0.1, 0.15) is 16.7 Å². The SMILES string of the molecule is O=C(O)COCc1ccc(COc2cccc(-c3ccnc4c(C(F)(F)F)cccc34)c2)cc1. The van der Waals surface area contributed by atoms with Gasteiger partial charge in [-0.2, -0.15) is 13.2 Å². The standard InChI is InChI=1S/C26H20F3NO4/c27-26(28,29)23-6-2-5-22-21(11-12-30-25(22)23)19-3-1-4-20(13-19)34-15-18-9-7-17(8-10-18)14-33-16-24(31)32/h1-13H,14-16H2,(H,31,32). The van der Waals surface area contributed by atoms with Crippen LogP contribution < -0.4 is 4.74 Å². The van der Waals surface area contributed by atoms with Gasteiger partial charge in [-0.05, 0) is 46.5 Å². The Balaban J connectivity index is 1.50. The van der Waals surface area contributed by atoms with Crippen LogP contribution in [0, 0.1) is 0 Å². The van der Waals surface area contributed by atoms with E-state index in [1.165, 1.54) is 12.3 Å². The van der Waals surface area contributed by atoms with Crippen molar-refractivity contribution < 1.29 is 32.5 Å². The van der Waals surface area contributed by atoms with Crippen LogP contribution in [0.25, 0.3) is 22.0 Å². The van der Waals surface area contributed by atoms with E-state index < -0.39 is 17.7 Å². The van der Waals surface area contributed by atoms with E-state index in [4.69, 9.17) is 14.6 Å². The van der Waals surface area contributed by atoms with Gasteiger partial charge in [-0.3, -0.25) is 4.98 Å². The summed E-state index contributed by atoms with van der Waals surface area (Å²) in [6, 6.07) is 20.3. The molecule has 1 heterocycles. The highest BCUT2D eigenvalue weighted by molar-refractivity contribution is 5.96. The van der Waals surface area contributed by atoms with Gasteiger partial charge in [-0.15, -0.1) is 0 Å². The van der Waals surface area contributed by atoms with Crippen molar-refractivity contribution >= 4 is 16.9 Å². The highest BCUT2D eigenvalue weighted by Crippen LogP contribution is 2.37. The molecular weight excluding hydrogens is 447 g/mol. The molecule has 34 heavy (non-hydrogen) atoms. The molecule has 0 saturated carbocycles. The molecular formula is C26H20F3NO4. The molecule has 0 bridgehead atoms. The summed E-state index contributed by atoms with van der Waals surface area (Å²) in [5, 5.41) is 9.02. The number of pyridine rings is 1. The van der Waals surface area contributed by atoms with Gasteiger partial charge in [-0.25, -0.2) is 4.79 Å². The van der Waals surface area contributed by atoms with Crippen molar-refractivity contribution in [3.05, 3.63) is 95.7 Å². The van der Waals surface area contributed by atoms with Gasteiger partial charge < -0.3 is 14.6 Å². The number of alkyl halides is 3. The van der Waals surface area contributed by atoms with Gasteiger partial charge in [0.1, 0.15) is 19.0 Å². The Morgan fingerprint density at radius 2 is 1.62 bits per heavy atom. The summed E-state index contributed by atoms with van der Waals surface area (Å²) < 4.78 is 51.2. The molecule has 174 valence electrons. The van der Waals surface area contributed by atoms with Crippen molar-refractivity contribution in [2.75, 3.05) is 6.61 Å². The fourth-order valence-corrected chi connectivity index (χ4v) is 3.56. The first kappa shape index (κ1) is 23.3. The lowest BCUT2D eigenvalue weighted by atomic mass is 9.99. The first-order valence-corrected chi connectivity index (χ1v) is 10.4. The number of ether oxygens (including phenoxy) is 2. The third-order valence-electron chi connectivity index (χ3n) is 5.14. The first-order chi connectivity index (χ1) is 16.3. The Morgan fingerprint density at radius 3 is 2.32 bits per heavy atom. The zero-order valence-corrected chi connectivity index (χ0v) is 17.9. The Kier molecular flexibility index (Phi) is 6.79. The van der Waals surface area contributed by atoms with E-state index in [1.807, 2.05) is 30.3 Å². The lowest BCUT2D eigenvalue weighted by Crippen LogP contribution is -2.06. The van der Waals surface area contributed by atoms with Gasteiger partial charge in [0.05, 0.1) is 17.7 Å². The van der Waals surface area contributed by atoms with Gasteiger partial charge in [-0.1, -0.05) is 48.5 Å². The maximum atomic E-state index is 13.4. The number of aromatic nitrogens is 1. The Hall–Kier alpha value is -3.91. The number of rotatable bonds is 8. The maximum Gasteiger partial charge on any atom is 0.418 e. The summed E-state index contributed by atoms with van der Waals surface area (Å²) in [4.78, 5) is 14.5. The molecule has 4 aromatic rings. The second kappa shape index (κ2) is 9.93. The highest BCUT2D eigenvalue weighted by Gasteiger charge is 2.33. The van der Waals surface area contributed by atoms with E-state index >= 15 is 0 Å². The van der Waals surface area contributed by atoms with Crippen molar-refractivity contribution in [2.45, 2.75) is 19.4 Å². The minimum Gasteiger partial charge on any atom is -0.489 e. The molecule has 0 spiro atoms. The lowest BCUT2D eigenvalue weighted by Gasteiger charge is -2.13. The van der Waals surface area contributed by atoms with Gasteiger partial charge >= 0.3 is 12.1 Å². The van der Waals surface area contributed by atoms with Crippen LogP contribution in [0.4, 0.5) is 13.2 Å². The third kappa shape index (κ3) is 5.52. The number of carboxylic acid groups (broad SMARTS) is 1. The number of aliphatic carboxylic acids is 1. The molecule has 1 N–H and O–H groups in total.